The summed E-state index contributed by atoms with van der Waals surface area (Å²) in [5.74, 6) is -18.7. The van der Waals surface area contributed by atoms with E-state index in [0.717, 1.165) is 38.4 Å². The van der Waals surface area contributed by atoms with Crippen LogP contribution in [-0.2, 0) is 109 Å². The van der Waals surface area contributed by atoms with E-state index in [4.69, 9.17) is 33.8 Å². The number of sulfone groups is 1. The van der Waals surface area contributed by atoms with E-state index >= 15 is 9.59 Å². The molecule has 1 saturated heterocycles. The number of carbonyl (C=O) groups excluding carboxylic acids is 16. The highest BCUT2D eigenvalue weighted by molar-refractivity contribution is 7.90. The molecule has 2 aromatic carbocycles. The zero-order valence-electron chi connectivity index (χ0n) is 76.8. The first-order valence-corrected chi connectivity index (χ1v) is 49.6. The minimum atomic E-state index is -4.12. The molecule has 29 N–H and O–H groups in total. The first-order valence-electron chi connectivity index (χ1n) is 45.9. The number of unbranched alkanes of at least 4 members (excludes halogenated alkanes) is 13. The smallest absolute Gasteiger partial charge is 0.245 e. The van der Waals surface area contributed by atoms with Crippen LogP contribution in [0.25, 0.3) is 10.9 Å². The van der Waals surface area contributed by atoms with E-state index in [1.54, 1.807) is 67.7 Å². The third-order valence-electron chi connectivity index (χ3n) is 22.0. The number of benzene rings is 2. The van der Waals surface area contributed by atoms with Gasteiger partial charge in [0, 0.05) is 81.5 Å². The van der Waals surface area contributed by atoms with Crippen molar-refractivity contribution in [2.45, 2.75) is 292 Å². The quantitative estimate of drug-likeness (QED) is 0.0153. The van der Waals surface area contributed by atoms with Gasteiger partial charge in [-0.3, -0.25) is 92.3 Å². The second-order valence-corrected chi connectivity index (χ2v) is 37.5. The number of H-pyrrole nitrogens is 1. The normalized spacial score (nSPS) is 18.0. The molecule has 1 aromatic heterocycles. The molecule has 0 radical (unpaired) electrons. The minimum Gasteiger partial charge on any atom is -0.394 e. The molecule has 0 spiro atoms. The number of sulfonamides is 1. The number of aromatic amines is 1. The number of hydrogen-bond donors (Lipinski definition) is 25. The Hall–Kier alpha value is -12.1. The van der Waals surface area contributed by atoms with E-state index < -0.39 is 263 Å². The van der Waals surface area contributed by atoms with E-state index in [1.807, 2.05) is 4.72 Å². The van der Waals surface area contributed by atoms with Gasteiger partial charge >= 0.3 is 0 Å². The van der Waals surface area contributed by atoms with Gasteiger partial charge in [0.15, 0.2) is 11.9 Å². The average Bonchev–Trinajstić information content (AvgIpc) is 1.64. The molecule has 16 amide bonds. The lowest BCUT2D eigenvalue weighted by molar-refractivity contribution is -0.137. The van der Waals surface area contributed by atoms with Crippen LogP contribution in [-0.4, -0.2) is 262 Å². The van der Waals surface area contributed by atoms with Gasteiger partial charge in [-0.1, -0.05) is 152 Å². The van der Waals surface area contributed by atoms with Gasteiger partial charge in [0.05, 0.1) is 31.3 Å². The first kappa shape index (κ1) is 114. The summed E-state index contributed by atoms with van der Waals surface area (Å²) >= 11 is 0. The third-order valence-corrected chi connectivity index (χ3v) is 24.3. The first-order chi connectivity index (χ1) is 63.7. The highest BCUT2D eigenvalue weighted by Crippen LogP contribution is 2.21. The number of guanidine groups is 2. The SMILES string of the molecule is CCCCCCCCCCCCCCCC(=O)NS(=O)(=O)CCCC(=O)NCC(=O)N[C@@H](CO)C(=O)N[C@@H](CCC(N)=O)C(=O)N[C@@H](CCCNC(=N)N)C(=O)N[C@@H](CO)C(=O)N[C@@H](CCCC)C(=O)N[C@H]1CCC(=O)NCCCC[C@@H](C(N)=O)NC(=O)[C@H](Cc2c[nH]c3ccccc23)NC(=O)[C@H](CCCNC(=N)N)NC(=O)[C@@H](Cc2ccccc2)NC(=O)[C@H](CCS(C)(=O)=O)NC1=O. The Morgan fingerprint density at radius 1 is 0.478 bits per heavy atom. The number of carbonyl (C=O) groups is 16. The van der Waals surface area contributed by atoms with Crippen LogP contribution in [0.3, 0.4) is 0 Å². The standard InChI is InChI=1S/C87H141N23O22S2/c1-4-6-8-9-10-11-12-13-14-15-16-17-21-37-73(116)110-134(131,132)47-28-38-71(114)98-52-74(117)99-68(53-111)84(127)105-63(39-41-70(88)113)79(122)101-62(36-27-46-96-87(92)93)78(121)109-69(54-112)85(128)103-60(32-7-5-2)76(119)104-64-40-42-72(115)94-44-25-24-34-59(75(89)118)100-83(126)67(50-56-51-97-58-33-23-22-31-57(56)58)108-77(120)61(35-26-45-95-86(90)91)102-82(125)66(49-55-29-19-18-20-30-55)107-81(124)65(106-80(64)123)43-48-133(3,129)130/h18-20,22-23,29-31,33,51,59-69,97,111-112H,4-17,21,24-28,32,34-50,52-54H2,1-3H3,(H2,88,113)(H2,89,118)(H,94,115)(H,98,114)(H,99,117)(H,100,126)(H,101,122)(H,102,125)(H,103,128)(H,104,119)(H,105,127)(H,106,123)(H,107,124)(H,108,120)(H,109,121)(H,110,116)(H4,90,91,95)(H4,92,93,96)/t59-,60-,61-,62-,63-,64-,65-,66+,67-,68-,69-/m0/s1. The molecule has 0 saturated carbocycles. The number of rotatable bonds is 56. The van der Waals surface area contributed by atoms with Crippen LogP contribution < -0.4 is 107 Å². The van der Waals surface area contributed by atoms with Gasteiger partial charge in [-0.05, 0) is 101 Å². The van der Waals surface area contributed by atoms with Gasteiger partial charge in [0.25, 0.3) is 0 Å². The monoisotopic (exact) mass is 1920 g/mol. The fraction of sp³-hybridized carbons (Fsp3) is 0.632. The topological polar surface area (TPSA) is 742 Å². The number of aliphatic hydroxyl groups excluding tert-OH is 2. The Morgan fingerprint density at radius 2 is 0.970 bits per heavy atom. The van der Waals surface area contributed by atoms with Crippen LogP contribution in [0.2, 0.25) is 0 Å². The summed E-state index contributed by atoms with van der Waals surface area (Å²) in [5.41, 5.74) is 24.0. The Bertz CT molecular complexity index is 4600. The summed E-state index contributed by atoms with van der Waals surface area (Å²) in [6.45, 7) is 0.603. The molecule has 0 bridgehead atoms. The number of hydrogen-bond acceptors (Lipinski definition) is 24. The van der Waals surface area contributed by atoms with Gasteiger partial charge in [0.2, 0.25) is 105 Å². The molecule has 1 aliphatic rings. The van der Waals surface area contributed by atoms with Crippen molar-refractivity contribution in [3.05, 3.63) is 71.9 Å². The van der Waals surface area contributed by atoms with E-state index in [9.17, 15) is 94.2 Å². The van der Waals surface area contributed by atoms with Gasteiger partial charge in [-0.25, -0.2) is 16.8 Å². The molecule has 1 fully saturated rings. The van der Waals surface area contributed by atoms with Crippen molar-refractivity contribution in [3.8, 4) is 0 Å². The molecule has 0 unspecified atom stereocenters. The summed E-state index contributed by atoms with van der Waals surface area (Å²) in [6, 6.07) is -3.50. The summed E-state index contributed by atoms with van der Waals surface area (Å²) in [7, 11) is -8.11. The van der Waals surface area contributed by atoms with E-state index in [0.29, 0.717) is 34.9 Å². The van der Waals surface area contributed by atoms with Gasteiger partial charge in [0.1, 0.15) is 76.3 Å². The molecule has 3 aromatic rings. The van der Waals surface area contributed by atoms with Crippen molar-refractivity contribution in [1.29, 1.82) is 10.8 Å². The zero-order valence-corrected chi connectivity index (χ0v) is 78.4. The van der Waals surface area contributed by atoms with Crippen molar-refractivity contribution in [2.24, 2.45) is 22.9 Å². The summed E-state index contributed by atoms with van der Waals surface area (Å²) in [6.07, 6.45) is 12.4. The van der Waals surface area contributed by atoms with Gasteiger partial charge < -0.3 is 118 Å². The predicted molar refractivity (Wildman–Crippen MR) is 498 cm³/mol. The average molecular weight is 1930 g/mol. The number of aliphatic hydroxyl groups is 2. The highest BCUT2D eigenvalue weighted by Gasteiger charge is 2.38. The highest BCUT2D eigenvalue weighted by atomic mass is 32.2. The van der Waals surface area contributed by atoms with E-state index in [1.165, 1.54) is 44.9 Å². The number of nitrogens with one attached hydrogen (secondary N) is 19. The molecule has 748 valence electrons. The van der Waals surface area contributed by atoms with Crippen molar-refractivity contribution in [3.63, 3.8) is 0 Å². The number of nitrogens with two attached hydrogens (primary N) is 4. The maximum atomic E-state index is 15.0. The minimum absolute atomic E-state index is 0.00165. The second kappa shape index (κ2) is 62.4. The van der Waals surface area contributed by atoms with Crippen LogP contribution in [0, 0.1) is 10.8 Å². The third kappa shape index (κ3) is 47.0. The van der Waals surface area contributed by atoms with Crippen molar-refractivity contribution >= 4 is 137 Å². The van der Waals surface area contributed by atoms with Gasteiger partial charge in [-0.15, -0.1) is 0 Å². The van der Waals surface area contributed by atoms with Crippen LogP contribution in [0.15, 0.2) is 60.8 Å². The second-order valence-electron chi connectivity index (χ2n) is 33.4. The van der Waals surface area contributed by atoms with Crippen molar-refractivity contribution in [2.75, 3.05) is 57.2 Å². The molecule has 11 atom stereocenters. The molecule has 0 aliphatic carbocycles. The Kier molecular flexibility index (Phi) is 53.1. The van der Waals surface area contributed by atoms with Gasteiger partial charge in [-0.2, -0.15) is 0 Å². The molecular formula is C87H141N23O22S2. The number of amides is 16. The number of aromatic nitrogens is 1. The fourth-order valence-electron chi connectivity index (χ4n) is 14.5. The molecule has 47 heteroatoms. The van der Waals surface area contributed by atoms with Crippen LogP contribution >= 0.6 is 0 Å². The van der Waals surface area contributed by atoms with Crippen molar-refractivity contribution in [1.82, 2.24) is 89.5 Å². The van der Waals surface area contributed by atoms with Crippen LogP contribution in [0.5, 0.6) is 0 Å². The summed E-state index contributed by atoms with van der Waals surface area (Å²) in [4.78, 5) is 227. The molecule has 2 heterocycles. The van der Waals surface area contributed by atoms with Crippen molar-refractivity contribution < 1.29 is 104 Å². The zero-order chi connectivity index (χ0) is 99.1. The molecule has 134 heavy (non-hydrogen) atoms. The van der Waals surface area contributed by atoms with E-state index in [-0.39, 0.29) is 103 Å². The number of para-hydroxylation sites is 1. The summed E-state index contributed by atoms with van der Waals surface area (Å²) < 4.78 is 53.3. The lowest BCUT2D eigenvalue weighted by Gasteiger charge is -2.28. The lowest BCUT2D eigenvalue weighted by atomic mass is 10.0. The molecule has 45 nitrogen and oxygen atoms in total. The number of fused-ring (bicyclic) bond motifs is 1. The lowest BCUT2D eigenvalue weighted by Crippen LogP contribution is -2.61. The molecule has 1 aliphatic heterocycles. The molecule has 4 rings (SSSR count). The maximum absolute atomic E-state index is 15.0. The Morgan fingerprint density at radius 3 is 1.55 bits per heavy atom. The number of primary amides is 2. The Labute approximate surface area is 781 Å². The summed E-state index contributed by atoms with van der Waals surface area (Å²) in [5, 5.41) is 74.4. The van der Waals surface area contributed by atoms with Crippen LogP contribution in [0.4, 0.5) is 0 Å². The largest absolute Gasteiger partial charge is 0.394 e. The maximum Gasteiger partial charge on any atom is 0.245 e. The Balaban J connectivity index is 1.58. The predicted octanol–water partition coefficient (Wildman–Crippen LogP) is -2.92. The molecular weight excluding hydrogens is 1780 g/mol. The van der Waals surface area contributed by atoms with E-state index in [2.05, 4.69) is 91.7 Å². The van der Waals surface area contributed by atoms with Crippen LogP contribution in [0.1, 0.15) is 224 Å². The fourth-order valence-corrected chi connectivity index (χ4v) is 16.2.